The van der Waals surface area contributed by atoms with Crippen molar-refractivity contribution in [2.24, 2.45) is 5.73 Å². The molecular weight excluding hydrogens is 276 g/mol. The third-order valence-electron chi connectivity index (χ3n) is 2.60. The molecule has 0 aromatic heterocycles. The van der Waals surface area contributed by atoms with Crippen molar-refractivity contribution in [2.75, 3.05) is 6.61 Å². The Kier molecular flexibility index (Phi) is 4.48. The molecule has 0 radical (unpaired) electrons. The minimum Gasteiger partial charge on any atom is -0.490 e. The first-order valence-electron chi connectivity index (χ1n) is 6.15. The van der Waals surface area contributed by atoms with E-state index in [0.29, 0.717) is 34.4 Å². The van der Waals surface area contributed by atoms with Gasteiger partial charge in [0.1, 0.15) is 11.6 Å². The Labute approximate surface area is 122 Å². The molecule has 104 valence electrons. The minimum absolute atomic E-state index is 0.0782. The maximum absolute atomic E-state index is 7.57. The molecule has 5 heteroatoms. The van der Waals surface area contributed by atoms with E-state index in [2.05, 4.69) is 0 Å². The van der Waals surface area contributed by atoms with E-state index in [0.717, 1.165) is 0 Å². The number of rotatable bonds is 5. The van der Waals surface area contributed by atoms with Crippen LogP contribution in [0.1, 0.15) is 12.5 Å². The highest BCUT2D eigenvalue weighted by Gasteiger charge is 2.11. The summed E-state index contributed by atoms with van der Waals surface area (Å²) in [5.74, 6) is 1.53. The number of halogens is 1. The van der Waals surface area contributed by atoms with Gasteiger partial charge in [0.25, 0.3) is 0 Å². The number of nitrogens with two attached hydrogens (primary N) is 1. The molecule has 0 heterocycles. The van der Waals surface area contributed by atoms with Crippen LogP contribution in [0.25, 0.3) is 0 Å². The van der Waals surface area contributed by atoms with Crippen molar-refractivity contribution in [1.82, 2.24) is 0 Å². The van der Waals surface area contributed by atoms with Gasteiger partial charge in [-0.05, 0) is 31.2 Å². The molecule has 0 unspecified atom stereocenters. The molecule has 0 spiro atoms. The van der Waals surface area contributed by atoms with Crippen LogP contribution in [0, 0.1) is 5.41 Å². The standard InChI is InChI=1S/C15H15ClN2O2/c1-2-19-12-5-3-4-6-13(12)20-14-9-10(16)7-8-11(14)15(17)18/h3-9H,2H2,1H3,(H3,17,18). The lowest BCUT2D eigenvalue weighted by molar-refractivity contribution is 0.321. The molecule has 0 atom stereocenters. The van der Waals surface area contributed by atoms with Crippen LogP contribution in [-0.2, 0) is 0 Å². The summed E-state index contributed by atoms with van der Waals surface area (Å²) >= 11 is 5.97. The molecule has 0 fully saturated rings. The van der Waals surface area contributed by atoms with Crippen molar-refractivity contribution < 1.29 is 9.47 Å². The molecular formula is C15H15ClN2O2. The fraction of sp³-hybridized carbons (Fsp3) is 0.133. The monoisotopic (exact) mass is 290 g/mol. The normalized spacial score (nSPS) is 10.1. The van der Waals surface area contributed by atoms with Crippen LogP contribution in [0.3, 0.4) is 0 Å². The predicted octanol–water partition coefficient (Wildman–Crippen LogP) is 3.82. The van der Waals surface area contributed by atoms with Crippen LogP contribution in [0.15, 0.2) is 42.5 Å². The highest BCUT2D eigenvalue weighted by Crippen LogP contribution is 2.34. The number of benzene rings is 2. The maximum atomic E-state index is 7.57. The first kappa shape index (κ1) is 14.2. The van der Waals surface area contributed by atoms with Gasteiger partial charge in [0.2, 0.25) is 0 Å². The van der Waals surface area contributed by atoms with Crippen molar-refractivity contribution >= 4 is 17.4 Å². The molecule has 20 heavy (non-hydrogen) atoms. The number of nitrogen functional groups attached to an aromatic ring is 1. The second kappa shape index (κ2) is 6.30. The number of ether oxygens (including phenoxy) is 2. The van der Waals surface area contributed by atoms with Gasteiger partial charge in [0.15, 0.2) is 11.5 Å². The van der Waals surface area contributed by atoms with E-state index in [1.54, 1.807) is 24.3 Å². The predicted molar refractivity (Wildman–Crippen MR) is 80.2 cm³/mol. The second-order valence-corrected chi connectivity index (χ2v) is 4.47. The first-order chi connectivity index (χ1) is 9.61. The number of hydrogen-bond donors (Lipinski definition) is 2. The Morgan fingerprint density at radius 1 is 1.15 bits per heavy atom. The summed E-state index contributed by atoms with van der Waals surface area (Å²) in [4.78, 5) is 0. The molecule has 0 bridgehead atoms. The Hall–Kier alpha value is -2.20. The Balaban J connectivity index is 2.39. The molecule has 2 aromatic carbocycles. The fourth-order valence-corrected chi connectivity index (χ4v) is 1.89. The van der Waals surface area contributed by atoms with Gasteiger partial charge in [-0.15, -0.1) is 0 Å². The zero-order valence-corrected chi connectivity index (χ0v) is 11.8. The number of amidine groups is 1. The zero-order chi connectivity index (χ0) is 14.5. The van der Waals surface area contributed by atoms with Gasteiger partial charge in [-0.3, -0.25) is 5.41 Å². The van der Waals surface area contributed by atoms with Crippen molar-refractivity contribution in [3.8, 4) is 17.2 Å². The van der Waals surface area contributed by atoms with Gasteiger partial charge in [-0.2, -0.15) is 0 Å². The van der Waals surface area contributed by atoms with Crippen LogP contribution >= 0.6 is 11.6 Å². The van der Waals surface area contributed by atoms with Gasteiger partial charge < -0.3 is 15.2 Å². The van der Waals surface area contributed by atoms with Crippen molar-refractivity contribution in [2.45, 2.75) is 6.92 Å². The molecule has 2 aromatic rings. The molecule has 3 N–H and O–H groups in total. The van der Waals surface area contributed by atoms with Crippen LogP contribution in [-0.4, -0.2) is 12.4 Å². The SMILES string of the molecule is CCOc1ccccc1Oc1cc(Cl)ccc1C(=N)N. The quantitative estimate of drug-likeness (QED) is 0.650. The second-order valence-electron chi connectivity index (χ2n) is 4.04. The molecule has 0 saturated heterocycles. The van der Waals surface area contributed by atoms with E-state index < -0.39 is 0 Å². The summed E-state index contributed by atoms with van der Waals surface area (Å²) in [6.07, 6.45) is 0. The summed E-state index contributed by atoms with van der Waals surface area (Å²) in [7, 11) is 0. The lowest BCUT2D eigenvalue weighted by Gasteiger charge is -2.14. The molecule has 0 aliphatic heterocycles. The lowest BCUT2D eigenvalue weighted by Crippen LogP contribution is -2.12. The highest BCUT2D eigenvalue weighted by molar-refractivity contribution is 6.30. The Bertz CT molecular complexity index is 629. The summed E-state index contributed by atoms with van der Waals surface area (Å²) in [6, 6.07) is 12.3. The van der Waals surface area contributed by atoms with E-state index in [9.17, 15) is 0 Å². The first-order valence-corrected chi connectivity index (χ1v) is 6.53. The summed E-state index contributed by atoms with van der Waals surface area (Å²) < 4.78 is 11.3. The maximum Gasteiger partial charge on any atom is 0.169 e. The third kappa shape index (κ3) is 3.22. The molecule has 2 rings (SSSR count). The van der Waals surface area contributed by atoms with Gasteiger partial charge >= 0.3 is 0 Å². The lowest BCUT2D eigenvalue weighted by atomic mass is 10.2. The smallest absolute Gasteiger partial charge is 0.169 e. The largest absolute Gasteiger partial charge is 0.490 e. The van der Waals surface area contributed by atoms with Gasteiger partial charge in [-0.1, -0.05) is 23.7 Å². The van der Waals surface area contributed by atoms with E-state index in [4.69, 9.17) is 32.2 Å². The average Bonchev–Trinajstić information content (AvgIpc) is 2.41. The van der Waals surface area contributed by atoms with Gasteiger partial charge in [-0.25, -0.2) is 0 Å². The summed E-state index contributed by atoms with van der Waals surface area (Å²) in [5, 5.41) is 8.08. The fourth-order valence-electron chi connectivity index (χ4n) is 1.73. The van der Waals surface area contributed by atoms with Crippen molar-refractivity contribution in [3.63, 3.8) is 0 Å². The van der Waals surface area contributed by atoms with E-state index in [1.165, 1.54) is 0 Å². The molecule has 4 nitrogen and oxygen atoms in total. The van der Waals surface area contributed by atoms with Gasteiger partial charge in [0, 0.05) is 11.1 Å². The van der Waals surface area contributed by atoms with Crippen LogP contribution in [0.2, 0.25) is 5.02 Å². The number of hydrogen-bond acceptors (Lipinski definition) is 3. The zero-order valence-electron chi connectivity index (χ0n) is 11.0. The summed E-state index contributed by atoms with van der Waals surface area (Å²) in [6.45, 7) is 2.44. The topological polar surface area (TPSA) is 68.3 Å². The van der Waals surface area contributed by atoms with E-state index in [-0.39, 0.29) is 5.84 Å². The molecule has 0 saturated carbocycles. The number of nitrogens with one attached hydrogen (secondary N) is 1. The highest BCUT2D eigenvalue weighted by atomic mass is 35.5. The molecule has 0 aliphatic rings. The summed E-state index contributed by atoms with van der Waals surface area (Å²) in [5.41, 5.74) is 6.03. The van der Waals surface area contributed by atoms with Crippen LogP contribution < -0.4 is 15.2 Å². The van der Waals surface area contributed by atoms with E-state index >= 15 is 0 Å². The Morgan fingerprint density at radius 2 is 1.85 bits per heavy atom. The van der Waals surface area contributed by atoms with Crippen LogP contribution in [0.4, 0.5) is 0 Å². The Morgan fingerprint density at radius 3 is 2.50 bits per heavy atom. The van der Waals surface area contributed by atoms with Crippen LogP contribution in [0.5, 0.6) is 17.2 Å². The minimum atomic E-state index is -0.0782. The molecule has 0 amide bonds. The number of para-hydroxylation sites is 2. The molecule has 0 aliphatic carbocycles. The van der Waals surface area contributed by atoms with Gasteiger partial charge in [0.05, 0.1) is 12.2 Å². The van der Waals surface area contributed by atoms with Crippen molar-refractivity contribution in [1.29, 1.82) is 5.41 Å². The van der Waals surface area contributed by atoms with E-state index in [1.807, 2.05) is 25.1 Å². The average molecular weight is 291 g/mol. The van der Waals surface area contributed by atoms with Crippen molar-refractivity contribution in [3.05, 3.63) is 53.1 Å². The third-order valence-corrected chi connectivity index (χ3v) is 2.84.